The lowest BCUT2D eigenvalue weighted by atomic mass is 9.93. The number of anilines is 2. The van der Waals surface area contributed by atoms with Gasteiger partial charge in [-0.25, -0.2) is 4.98 Å². The summed E-state index contributed by atoms with van der Waals surface area (Å²) in [4.78, 5) is 18.1. The molecule has 5 rings (SSSR count). The highest BCUT2D eigenvalue weighted by Crippen LogP contribution is 2.41. The molecule has 2 N–H and O–H groups in total. The molecule has 1 amide bonds. The molecule has 0 radical (unpaired) electrons. The highest BCUT2D eigenvalue weighted by atomic mass is 16.5. The van der Waals surface area contributed by atoms with Crippen LogP contribution < -0.4 is 10.6 Å². The molecule has 8 nitrogen and oxygen atoms in total. The van der Waals surface area contributed by atoms with Gasteiger partial charge in [0.2, 0.25) is 5.91 Å². The van der Waals surface area contributed by atoms with Gasteiger partial charge >= 0.3 is 0 Å². The number of carbonyl (C=O) groups is 1. The first-order valence-corrected chi connectivity index (χ1v) is 12.1. The third-order valence-electron chi connectivity index (χ3n) is 7.35. The number of likely N-dealkylation sites (tertiary alicyclic amines) is 1. The molecule has 0 bridgehead atoms. The summed E-state index contributed by atoms with van der Waals surface area (Å²) in [6.45, 7) is 9.23. The normalized spacial score (nSPS) is 28.9. The Morgan fingerprint density at radius 2 is 1.85 bits per heavy atom. The Kier molecular flexibility index (Phi) is 6.05. The van der Waals surface area contributed by atoms with Crippen LogP contribution in [-0.2, 0) is 9.53 Å². The second-order valence-corrected chi connectivity index (χ2v) is 10.5. The molecule has 33 heavy (non-hydrogen) atoms. The van der Waals surface area contributed by atoms with Crippen LogP contribution in [0.4, 0.5) is 11.6 Å². The summed E-state index contributed by atoms with van der Waals surface area (Å²) in [5.41, 5.74) is 1.65. The number of carbonyl (C=O) groups excluding carboxylic acids is 1. The Morgan fingerprint density at radius 3 is 2.45 bits per heavy atom. The minimum absolute atomic E-state index is 0.0130. The van der Waals surface area contributed by atoms with Crippen molar-refractivity contribution < 1.29 is 9.53 Å². The monoisotopic (exact) mass is 450 g/mol. The van der Waals surface area contributed by atoms with Crippen LogP contribution in [0, 0.1) is 11.8 Å². The van der Waals surface area contributed by atoms with E-state index in [2.05, 4.69) is 44.6 Å². The maximum atomic E-state index is 11.1. The van der Waals surface area contributed by atoms with E-state index < -0.39 is 0 Å². The van der Waals surface area contributed by atoms with Crippen LogP contribution in [0.2, 0.25) is 0 Å². The van der Waals surface area contributed by atoms with Crippen LogP contribution in [0.1, 0.15) is 46.5 Å². The van der Waals surface area contributed by atoms with Gasteiger partial charge < -0.3 is 15.4 Å². The van der Waals surface area contributed by atoms with Gasteiger partial charge in [-0.1, -0.05) is 0 Å². The van der Waals surface area contributed by atoms with E-state index in [1.54, 1.807) is 12.3 Å². The molecular formula is C25H34N6O2. The zero-order chi connectivity index (χ0) is 23.0. The van der Waals surface area contributed by atoms with Gasteiger partial charge in [-0.3, -0.25) is 9.69 Å². The van der Waals surface area contributed by atoms with E-state index in [0.29, 0.717) is 17.9 Å². The van der Waals surface area contributed by atoms with Gasteiger partial charge in [-0.05, 0) is 75.6 Å². The summed E-state index contributed by atoms with van der Waals surface area (Å²) in [7, 11) is 0. The van der Waals surface area contributed by atoms with E-state index in [0.717, 1.165) is 48.4 Å². The molecule has 2 aromatic rings. The number of rotatable bonds is 5. The van der Waals surface area contributed by atoms with Crippen molar-refractivity contribution in [2.24, 2.45) is 11.8 Å². The van der Waals surface area contributed by atoms with Crippen molar-refractivity contribution in [1.82, 2.24) is 20.1 Å². The maximum absolute atomic E-state index is 11.1. The third-order valence-corrected chi connectivity index (χ3v) is 7.35. The number of nitrogens with one attached hydrogen (secondary N) is 2. The van der Waals surface area contributed by atoms with E-state index in [1.807, 2.05) is 18.2 Å². The fourth-order valence-electron chi connectivity index (χ4n) is 5.84. The van der Waals surface area contributed by atoms with Gasteiger partial charge in [0.1, 0.15) is 11.6 Å². The zero-order valence-electron chi connectivity index (χ0n) is 19.8. The van der Waals surface area contributed by atoms with Crippen molar-refractivity contribution >= 4 is 17.5 Å². The molecule has 4 heterocycles. The molecule has 1 aliphatic carbocycles. The number of hydrogen-bond acceptors (Lipinski definition) is 7. The van der Waals surface area contributed by atoms with Gasteiger partial charge in [0, 0.05) is 50.5 Å². The molecule has 1 saturated carbocycles. The Bertz CT molecular complexity index is 963. The SMILES string of the molecule is CC(=O)Nc1ccc(-c2ccc(N[C@H]3C[C@@H]4CN(C5CCOC(C)(C)C5)C[C@@H]4C3)nn2)cn1. The molecule has 3 aliphatic rings. The van der Waals surface area contributed by atoms with Crippen LogP contribution >= 0.6 is 0 Å². The number of hydrogen-bond donors (Lipinski definition) is 2. The molecule has 0 spiro atoms. The summed E-state index contributed by atoms with van der Waals surface area (Å²) >= 11 is 0. The Labute approximate surface area is 195 Å². The van der Waals surface area contributed by atoms with Crippen molar-refractivity contribution in [2.75, 3.05) is 30.3 Å². The van der Waals surface area contributed by atoms with Gasteiger partial charge in [0.25, 0.3) is 0 Å². The van der Waals surface area contributed by atoms with Crippen LogP contribution in [0.5, 0.6) is 0 Å². The van der Waals surface area contributed by atoms with E-state index in [-0.39, 0.29) is 11.5 Å². The highest BCUT2D eigenvalue weighted by molar-refractivity contribution is 5.87. The average molecular weight is 451 g/mol. The first-order valence-electron chi connectivity index (χ1n) is 12.1. The molecule has 2 aromatic heterocycles. The first-order chi connectivity index (χ1) is 15.8. The summed E-state index contributed by atoms with van der Waals surface area (Å²) < 4.78 is 5.92. The van der Waals surface area contributed by atoms with Crippen molar-refractivity contribution in [2.45, 2.75) is 64.1 Å². The lowest BCUT2D eigenvalue weighted by molar-refractivity contribution is -0.114. The second kappa shape index (κ2) is 8.99. The van der Waals surface area contributed by atoms with Crippen molar-refractivity contribution in [3.05, 3.63) is 30.5 Å². The standard InChI is InChI=1S/C25H34N6O2/c1-16(32)27-23-6-4-17(13-26-23)22-5-7-24(30-29-22)28-20-10-18-14-31(15-19(18)11-20)21-8-9-33-25(2,3)12-21/h4-7,13,18-21H,8-12,14-15H2,1-3H3,(H,28,30)(H,26,27,32)/t18-,19+,20+,21?. The van der Waals surface area contributed by atoms with E-state index in [4.69, 9.17) is 4.74 Å². The van der Waals surface area contributed by atoms with Gasteiger partial charge in [-0.2, -0.15) is 0 Å². The summed E-state index contributed by atoms with van der Waals surface area (Å²) in [5, 5.41) is 15.1. The van der Waals surface area contributed by atoms with Crippen LogP contribution in [0.3, 0.4) is 0 Å². The Hall–Kier alpha value is -2.58. The van der Waals surface area contributed by atoms with Crippen molar-refractivity contribution in [3.63, 3.8) is 0 Å². The zero-order valence-corrected chi connectivity index (χ0v) is 19.8. The number of nitrogens with zero attached hydrogens (tertiary/aromatic N) is 4. The topological polar surface area (TPSA) is 92.3 Å². The lowest BCUT2D eigenvalue weighted by Gasteiger charge is -2.40. The average Bonchev–Trinajstić information content (AvgIpc) is 3.33. The van der Waals surface area contributed by atoms with E-state index >= 15 is 0 Å². The largest absolute Gasteiger partial charge is 0.375 e. The molecule has 3 fully saturated rings. The molecule has 2 aliphatic heterocycles. The molecule has 1 unspecified atom stereocenters. The third kappa shape index (κ3) is 5.17. The Morgan fingerprint density at radius 1 is 1.09 bits per heavy atom. The van der Waals surface area contributed by atoms with Crippen LogP contribution in [-0.4, -0.2) is 63.4 Å². The number of pyridine rings is 1. The van der Waals surface area contributed by atoms with Crippen LogP contribution in [0.15, 0.2) is 30.5 Å². The molecule has 2 saturated heterocycles. The van der Waals surface area contributed by atoms with Crippen molar-refractivity contribution in [3.8, 4) is 11.3 Å². The summed E-state index contributed by atoms with van der Waals surface area (Å²) in [5.74, 6) is 2.77. The van der Waals surface area contributed by atoms with Gasteiger partial charge in [0.05, 0.1) is 11.3 Å². The number of ether oxygens (including phenoxy) is 1. The number of fused-ring (bicyclic) bond motifs is 1. The quantitative estimate of drug-likeness (QED) is 0.719. The second-order valence-electron chi connectivity index (χ2n) is 10.5. The molecule has 4 atom stereocenters. The van der Waals surface area contributed by atoms with Crippen molar-refractivity contribution in [1.29, 1.82) is 0 Å². The fraction of sp³-hybridized carbons (Fsp3) is 0.600. The molecule has 8 heteroatoms. The predicted molar refractivity (Wildman–Crippen MR) is 128 cm³/mol. The lowest BCUT2D eigenvalue weighted by Crippen LogP contribution is -2.45. The molecule has 176 valence electrons. The Balaban J connectivity index is 1.13. The van der Waals surface area contributed by atoms with E-state index in [1.165, 1.54) is 32.9 Å². The van der Waals surface area contributed by atoms with Crippen LogP contribution in [0.25, 0.3) is 11.3 Å². The van der Waals surface area contributed by atoms with Gasteiger partial charge in [0.15, 0.2) is 0 Å². The molecular weight excluding hydrogens is 416 g/mol. The predicted octanol–water partition coefficient (Wildman–Crippen LogP) is 3.58. The van der Waals surface area contributed by atoms with Gasteiger partial charge in [-0.15, -0.1) is 10.2 Å². The molecule has 0 aromatic carbocycles. The number of aromatic nitrogens is 3. The minimum Gasteiger partial charge on any atom is -0.375 e. The smallest absolute Gasteiger partial charge is 0.222 e. The number of amides is 1. The van der Waals surface area contributed by atoms with E-state index in [9.17, 15) is 4.79 Å². The first kappa shape index (κ1) is 22.2. The minimum atomic E-state index is -0.137. The summed E-state index contributed by atoms with van der Waals surface area (Å²) in [6, 6.07) is 8.76. The highest BCUT2D eigenvalue weighted by Gasteiger charge is 2.44. The maximum Gasteiger partial charge on any atom is 0.222 e. The fourth-order valence-corrected chi connectivity index (χ4v) is 5.84. The summed E-state index contributed by atoms with van der Waals surface area (Å²) in [6.07, 6.45) is 6.41.